The van der Waals surface area contributed by atoms with E-state index in [4.69, 9.17) is 10.5 Å². The molecule has 10 heteroatoms. The zero-order chi connectivity index (χ0) is 30.7. The van der Waals surface area contributed by atoms with E-state index in [0.717, 1.165) is 40.8 Å². The summed E-state index contributed by atoms with van der Waals surface area (Å²) in [4.78, 5) is 45.3. The zero-order valence-corrected chi connectivity index (χ0v) is 26.2. The van der Waals surface area contributed by atoms with E-state index in [1.807, 2.05) is 50.5 Å². The van der Waals surface area contributed by atoms with Gasteiger partial charge in [0, 0.05) is 38.5 Å². The molecule has 2 amide bonds. The lowest BCUT2D eigenvalue weighted by molar-refractivity contribution is -0.142. The lowest BCUT2D eigenvalue weighted by Crippen LogP contribution is -2.56. The fourth-order valence-electron chi connectivity index (χ4n) is 4.77. The molecule has 1 aliphatic carbocycles. The lowest BCUT2D eigenvalue weighted by Gasteiger charge is -2.35. The molecular weight excluding hydrogens is 552 g/mol. The van der Waals surface area contributed by atoms with E-state index >= 15 is 0 Å². The Hall–Kier alpha value is -3.10. The van der Waals surface area contributed by atoms with E-state index in [1.54, 1.807) is 30.5 Å². The molecule has 0 bridgehead atoms. The van der Waals surface area contributed by atoms with E-state index < -0.39 is 23.5 Å². The van der Waals surface area contributed by atoms with Crippen LogP contribution in [0.2, 0.25) is 0 Å². The Morgan fingerprint density at radius 2 is 1.93 bits per heavy atom. The number of aromatic nitrogens is 1. The van der Waals surface area contributed by atoms with E-state index in [0.29, 0.717) is 38.5 Å². The summed E-state index contributed by atoms with van der Waals surface area (Å²) in [5.74, 6) is 6.17. The van der Waals surface area contributed by atoms with Crippen LogP contribution in [0.15, 0.2) is 29.8 Å². The first-order chi connectivity index (χ1) is 20.1. The average molecular weight is 597 g/mol. The number of nitrogens with two attached hydrogens (primary N) is 1. The molecule has 2 aliphatic rings. The molecule has 2 heterocycles. The molecule has 1 aromatic heterocycles. The number of benzene rings is 1. The second-order valence-electron chi connectivity index (χ2n) is 11.5. The normalized spacial score (nSPS) is 17.8. The van der Waals surface area contributed by atoms with Crippen LogP contribution in [0.3, 0.4) is 0 Å². The van der Waals surface area contributed by atoms with Gasteiger partial charge in [0.2, 0.25) is 11.8 Å². The number of methoxy groups -OCH3 is 1. The van der Waals surface area contributed by atoms with Gasteiger partial charge in [0.15, 0.2) is 0 Å². The van der Waals surface area contributed by atoms with Gasteiger partial charge in [-0.1, -0.05) is 50.0 Å². The van der Waals surface area contributed by atoms with Gasteiger partial charge >= 0.3 is 0 Å². The number of amides is 2. The number of likely N-dealkylation sites (tertiary alicyclic amines) is 1. The van der Waals surface area contributed by atoms with E-state index in [2.05, 4.69) is 26.9 Å². The molecule has 1 aromatic carbocycles. The zero-order valence-electron chi connectivity index (χ0n) is 25.4. The predicted molar refractivity (Wildman–Crippen MR) is 165 cm³/mol. The number of carbonyl (C=O) groups excluding carboxylic acids is 3. The van der Waals surface area contributed by atoms with Crippen LogP contribution >= 0.6 is 11.3 Å². The van der Waals surface area contributed by atoms with Crippen molar-refractivity contribution in [2.24, 2.45) is 17.1 Å². The maximum atomic E-state index is 13.4. The maximum absolute atomic E-state index is 13.4. The van der Waals surface area contributed by atoms with Crippen LogP contribution < -0.4 is 11.1 Å². The van der Waals surface area contributed by atoms with Crippen molar-refractivity contribution in [2.45, 2.75) is 71.0 Å². The van der Waals surface area contributed by atoms with Crippen molar-refractivity contribution >= 4 is 29.4 Å². The number of rotatable bonds is 11. The van der Waals surface area contributed by atoms with Gasteiger partial charge in [-0.15, -0.1) is 11.3 Å². The van der Waals surface area contributed by atoms with Crippen LogP contribution in [0.4, 0.5) is 0 Å². The van der Waals surface area contributed by atoms with Gasteiger partial charge in [-0.3, -0.25) is 9.59 Å². The number of nitrogens with one attached hydrogen (secondary N) is 1. The molecule has 2 aromatic rings. The van der Waals surface area contributed by atoms with Crippen molar-refractivity contribution in [3.63, 3.8) is 0 Å². The summed E-state index contributed by atoms with van der Waals surface area (Å²) in [6, 6.07) is 5.87. The Balaban J connectivity index is 0.00000155. The molecule has 4 rings (SSSR count). The Bertz CT molecular complexity index is 1250. The summed E-state index contributed by atoms with van der Waals surface area (Å²) in [5.41, 5.74) is 10.4. The maximum Gasteiger partial charge on any atom is 0.243 e. The molecule has 3 atom stereocenters. The third-order valence-corrected chi connectivity index (χ3v) is 8.43. The van der Waals surface area contributed by atoms with Crippen LogP contribution in [0, 0.1) is 30.1 Å². The van der Waals surface area contributed by atoms with Gasteiger partial charge in [0.1, 0.15) is 18.9 Å². The average Bonchev–Trinajstić information content (AvgIpc) is 3.47. The molecule has 3 unspecified atom stereocenters. The summed E-state index contributed by atoms with van der Waals surface area (Å²) in [6.45, 7) is 6.84. The summed E-state index contributed by atoms with van der Waals surface area (Å²) >= 11 is 1.57. The minimum atomic E-state index is -0.823. The van der Waals surface area contributed by atoms with Crippen molar-refractivity contribution in [1.29, 1.82) is 0 Å². The van der Waals surface area contributed by atoms with Gasteiger partial charge in [0.05, 0.1) is 34.8 Å². The number of hydrogen-bond donors (Lipinski definition) is 2. The first-order valence-electron chi connectivity index (χ1n) is 14.4. The number of aryl methyl sites for hydroxylation is 1. The number of aldehydes is 1. The Kier molecular flexibility index (Phi) is 12.7. The molecule has 9 nitrogen and oxygen atoms in total. The van der Waals surface area contributed by atoms with Crippen LogP contribution in [0.25, 0.3) is 10.4 Å². The minimum Gasteiger partial charge on any atom is -0.388 e. The Morgan fingerprint density at radius 3 is 2.52 bits per heavy atom. The highest BCUT2D eigenvalue weighted by Gasteiger charge is 2.41. The Morgan fingerprint density at radius 1 is 1.24 bits per heavy atom. The molecule has 228 valence electrons. The van der Waals surface area contributed by atoms with Crippen LogP contribution in [0.5, 0.6) is 0 Å². The fourth-order valence-corrected chi connectivity index (χ4v) is 5.58. The SMILES string of the molecule is COC.Cc1ncsc1-c1ccc(C(CC=O)NC(=O)C2CCCN2C(=O)C(N)C(C)(C)COCC#CC2CC2)cc1. The van der Waals surface area contributed by atoms with Crippen molar-refractivity contribution < 1.29 is 23.9 Å². The summed E-state index contributed by atoms with van der Waals surface area (Å²) in [6.07, 6.45) is 4.53. The molecule has 3 N–H and O–H groups in total. The van der Waals surface area contributed by atoms with Gasteiger partial charge < -0.3 is 30.2 Å². The molecule has 0 spiro atoms. The first kappa shape index (κ1) is 33.4. The molecule has 1 saturated heterocycles. The first-order valence-corrected chi connectivity index (χ1v) is 15.3. The predicted octanol–water partition coefficient (Wildman–Crippen LogP) is 3.90. The molecule has 2 fully saturated rings. The highest BCUT2D eigenvalue weighted by molar-refractivity contribution is 7.13. The molecule has 0 radical (unpaired) electrons. The lowest BCUT2D eigenvalue weighted by atomic mass is 9.85. The van der Waals surface area contributed by atoms with Crippen LogP contribution in [0.1, 0.15) is 63.3 Å². The third-order valence-electron chi connectivity index (χ3n) is 7.45. The fraction of sp³-hybridized carbons (Fsp3) is 0.562. The van der Waals surface area contributed by atoms with E-state index in [9.17, 15) is 14.4 Å². The summed E-state index contributed by atoms with van der Waals surface area (Å²) in [5, 5.41) is 3.01. The Labute approximate surface area is 253 Å². The standard InChI is InChI=1S/C30H38N4O4S.C2H6O/c1-20-26(39-19-32-20)23-12-10-22(11-13-23)24(14-16-35)33-28(36)25-7-4-15-34(25)29(37)27(31)30(2,3)18-38-17-5-6-21-8-9-21;1-3-2/h10-13,16,19,21,24-25,27H,4,7-9,14-15,17-18,31H2,1-3H3,(H,33,36);1-2H3. The highest BCUT2D eigenvalue weighted by atomic mass is 32.1. The second-order valence-corrected chi connectivity index (χ2v) is 12.4. The largest absolute Gasteiger partial charge is 0.388 e. The van der Waals surface area contributed by atoms with Gasteiger partial charge in [-0.05, 0) is 43.7 Å². The number of hydrogen-bond acceptors (Lipinski definition) is 8. The van der Waals surface area contributed by atoms with E-state index in [-0.39, 0.29) is 18.2 Å². The van der Waals surface area contributed by atoms with Gasteiger partial charge in [-0.25, -0.2) is 4.98 Å². The molecule has 1 saturated carbocycles. The van der Waals surface area contributed by atoms with Crippen molar-refractivity contribution in [2.75, 3.05) is 34.0 Å². The monoisotopic (exact) mass is 596 g/mol. The van der Waals surface area contributed by atoms with Crippen LogP contribution in [-0.2, 0) is 23.9 Å². The van der Waals surface area contributed by atoms with Gasteiger partial charge in [-0.2, -0.15) is 0 Å². The number of ether oxygens (including phenoxy) is 2. The smallest absolute Gasteiger partial charge is 0.243 e. The number of nitrogens with zero attached hydrogens (tertiary/aromatic N) is 2. The summed E-state index contributed by atoms with van der Waals surface area (Å²) in [7, 11) is 3.25. The van der Waals surface area contributed by atoms with Crippen molar-refractivity contribution in [3.8, 4) is 22.3 Å². The minimum absolute atomic E-state index is 0.138. The number of carbonyl (C=O) groups is 3. The quantitative estimate of drug-likeness (QED) is 0.229. The molecule has 1 aliphatic heterocycles. The molecule has 42 heavy (non-hydrogen) atoms. The van der Waals surface area contributed by atoms with Crippen LogP contribution in [-0.4, -0.2) is 74.0 Å². The van der Waals surface area contributed by atoms with Crippen molar-refractivity contribution in [3.05, 3.63) is 41.0 Å². The third kappa shape index (κ3) is 9.20. The van der Waals surface area contributed by atoms with Crippen molar-refractivity contribution in [1.82, 2.24) is 15.2 Å². The summed E-state index contributed by atoms with van der Waals surface area (Å²) < 4.78 is 9.96. The van der Waals surface area contributed by atoms with Gasteiger partial charge in [0.25, 0.3) is 0 Å². The number of thiazole rings is 1. The second kappa shape index (κ2) is 15.9. The van der Waals surface area contributed by atoms with E-state index in [1.165, 1.54) is 0 Å². The topological polar surface area (TPSA) is 124 Å². The highest BCUT2D eigenvalue weighted by Crippen LogP contribution is 2.30. The molecular formula is C32H44N4O5S.